The first-order valence-corrected chi connectivity index (χ1v) is 7.69. The van der Waals surface area contributed by atoms with Crippen molar-refractivity contribution in [3.8, 4) is 0 Å². The molecule has 1 aliphatic carbocycles. The van der Waals surface area contributed by atoms with Gasteiger partial charge in [-0.05, 0) is 52.4 Å². The molecule has 0 radical (unpaired) electrons. The maximum absolute atomic E-state index is 12.4. The highest BCUT2D eigenvalue weighted by atomic mass is 16.6. The van der Waals surface area contributed by atoms with Gasteiger partial charge in [0.1, 0.15) is 5.60 Å². The van der Waals surface area contributed by atoms with Crippen LogP contribution in [0, 0.1) is 11.3 Å². The van der Waals surface area contributed by atoms with Crippen molar-refractivity contribution >= 4 is 11.9 Å². The van der Waals surface area contributed by atoms with Crippen molar-refractivity contribution in [2.45, 2.75) is 64.9 Å². The zero-order valence-corrected chi connectivity index (χ0v) is 13.2. The van der Waals surface area contributed by atoms with Crippen molar-refractivity contribution in [3.63, 3.8) is 0 Å². The van der Waals surface area contributed by atoms with E-state index in [-0.39, 0.29) is 17.3 Å². The molecule has 2 aliphatic rings. The van der Waals surface area contributed by atoms with E-state index >= 15 is 0 Å². The normalized spacial score (nSPS) is 30.9. The molecule has 0 N–H and O–H groups in total. The van der Waals surface area contributed by atoms with Crippen LogP contribution in [-0.2, 0) is 14.3 Å². The number of hydrogen-bond acceptors (Lipinski definition) is 3. The lowest BCUT2D eigenvalue weighted by Crippen LogP contribution is -2.37. The Hall–Kier alpha value is -1.06. The molecule has 1 heterocycles. The first kappa shape index (κ1) is 15.3. The van der Waals surface area contributed by atoms with E-state index in [0.29, 0.717) is 12.3 Å². The Balaban J connectivity index is 1.95. The quantitative estimate of drug-likeness (QED) is 0.731. The van der Waals surface area contributed by atoms with Crippen molar-refractivity contribution in [2.75, 3.05) is 13.6 Å². The number of amides is 1. The number of esters is 1. The van der Waals surface area contributed by atoms with Crippen LogP contribution in [0.1, 0.15) is 59.3 Å². The Morgan fingerprint density at radius 1 is 1.40 bits per heavy atom. The van der Waals surface area contributed by atoms with Gasteiger partial charge in [0.05, 0.1) is 5.41 Å². The van der Waals surface area contributed by atoms with Crippen LogP contribution < -0.4 is 0 Å². The summed E-state index contributed by atoms with van der Waals surface area (Å²) in [5.41, 5.74) is -0.605. The van der Waals surface area contributed by atoms with E-state index in [1.165, 1.54) is 0 Å². The molecule has 1 spiro atoms. The first-order chi connectivity index (χ1) is 9.22. The van der Waals surface area contributed by atoms with Gasteiger partial charge in [-0.25, -0.2) is 0 Å². The summed E-state index contributed by atoms with van der Waals surface area (Å²) in [5, 5.41) is 0. The largest absolute Gasteiger partial charge is 0.460 e. The van der Waals surface area contributed by atoms with Gasteiger partial charge in [0.25, 0.3) is 0 Å². The summed E-state index contributed by atoms with van der Waals surface area (Å²) in [6, 6.07) is 0. The van der Waals surface area contributed by atoms with Crippen molar-refractivity contribution in [1.29, 1.82) is 0 Å². The lowest BCUT2D eigenvalue weighted by molar-refractivity contribution is -0.157. The van der Waals surface area contributed by atoms with Crippen LogP contribution in [0.5, 0.6) is 0 Å². The number of carbonyl (C=O) groups is 2. The molecule has 2 fully saturated rings. The molecule has 0 aromatic heterocycles. The number of ether oxygens (including phenoxy) is 1. The van der Waals surface area contributed by atoms with Crippen molar-refractivity contribution < 1.29 is 14.3 Å². The van der Waals surface area contributed by atoms with Crippen molar-refractivity contribution in [2.24, 2.45) is 11.3 Å². The highest BCUT2D eigenvalue weighted by molar-refractivity contribution is 5.84. The van der Waals surface area contributed by atoms with E-state index in [4.69, 9.17) is 4.74 Å². The predicted molar refractivity (Wildman–Crippen MR) is 77.1 cm³/mol. The number of likely N-dealkylation sites (tertiary alicyclic amines) is 1. The Labute approximate surface area is 121 Å². The van der Waals surface area contributed by atoms with Gasteiger partial charge >= 0.3 is 5.97 Å². The molecular weight excluding hydrogens is 254 g/mol. The van der Waals surface area contributed by atoms with Crippen LogP contribution >= 0.6 is 0 Å². The number of nitrogens with zero attached hydrogens (tertiary/aromatic N) is 1. The fourth-order valence-corrected chi connectivity index (χ4v) is 3.70. The standard InChI is InChI=1S/C16H27NO3/c1-15(2,3)20-13(18)10-12-6-5-7-16(11-12)8-9-17(4)14(16)19/h12H,5-11H2,1-4H3/t12-,16+/m1/s1. The average Bonchev–Trinajstić information content (AvgIpc) is 2.56. The number of carbonyl (C=O) groups excluding carboxylic acids is 2. The zero-order valence-electron chi connectivity index (χ0n) is 13.2. The highest BCUT2D eigenvalue weighted by Gasteiger charge is 2.48. The molecule has 4 heteroatoms. The lowest BCUT2D eigenvalue weighted by Gasteiger charge is -2.36. The molecule has 0 unspecified atom stereocenters. The molecule has 0 bridgehead atoms. The monoisotopic (exact) mass is 281 g/mol. The van der Waals surface area contributed by atoms with Gasteiger partial charge in [-0.2, -0.15) is 0 Å². The van der Waals surface area contributed by atoms with Gasteiger partial charge < -0.3 is 9.64 Å². The fourth-order valence-electron chi connectivity index (χ4n) is 3.70. The van der Waals surface area contributed by atoms with Crippen molar-refractivity contribution in [3.05, 3.63) is 0 Å². The SMILES string of the molecule is CN1CC[C@]2(CCC[C@H](CC(=O)OC(C)(C)C)C2)C1=O. The molecule has 1 saturated heterocycles. The highest BCUT2D eigenvalue weighted by Crippen LogP contribution is 2.47. The second-order valence-corrected chi connectivity index (χ2v) is 7.51. The second-order valence-electron chi connectivity index (χ2n) is 7.51. The summed E-state index contributed by atoms with van der Waals surface area (Å²) in [5.74, 6) is 0.457. The topological polar surface area (TPSA) is 46.6 Å². The molecular formula is C16H27NO3. The molecule has 0 aromatic carbocycles. The smallest absolute Gasteiger partial charge is 0.306 e. The van der Waals surface area contributed by atoms with Crippen LogP contribution in [0.25, 0.3) is 0 Å². The maximum atomic E-state index is 12.4. The molecule has 1 saturated carbocycles. The Morgan fingerprint density at radius 3 is 2.65 bits per heavy atom. The van der Waals surface area contributed by atoms with Crippen LogP contribution in [0.15, 0.2) is 0 Å². The van der Waals surface area contributed by atoms with Gasteiger partial charge in [-0.1, -0.05) is 6.42 Å². The number of rotatable bonds is 2. The third-order valence-corrected chi connectivity index (χ3v) is 4.55. The van der Waals surface area contributed by atoms with Crippen LogP contribution in [0.4, 0.5) is 0 Å². The summed E-state index contributed by atoms with van der Waals surface area (Å²) >= 11 is 0. The Bertz CT molecular complexity index is 395. The van der Waals surface area contributed by atoms with E-state index in [9.17, 15) is 9.59 Å². The molecule has 2 rings (SSSR count). The zero-order chi connectivity index (χ0) is 15.0. The minimum absolute atomic E-state index is 0.127. The minimum Gasteiger partial charge on any atom is -0.460 e. The van der Waals surface area contributed by atoms with Crippen LogP contribution in [0.2, 0.25) is 0 Å². The van der Waals surface area contributed by atoms with Crippen LogP contribution in [0.3, 0.4) is 0 Å². The molecule has 1 amide bonds. The summed E-state index contributed by atoms with van der Waals surface area (Å²) in [7, 11) is 1.88. The molecule has 1 aliphatic heterocycles. The first-order valence-electron chi connectivity index (χ1n) is 7.69. The van der Waals surface area contributed by atoms with Gasteiger partial charge in [-0.3, -0.25) is 9.59 Å². The van der Waals surface area contributed by atoms with Gasteiger partial charge in [0, 0.05) is 20.0 Å². The molecule has 114 valence electrons. The third kappa shape index (κ3) is 3.33. The Morgan fingerprint density at radius 2 is 2.10 bits per heavy atom. The fraction of sp³-hybridized carbons (Fsp3) is 0.875. The summed E-state index contributed by atoms with van der Waals surface area (Å²) < 4.78 is 5.41. The number of hydrogen-bond donors (Lipinski definition) is 0. The molecule has 20 heavy (non-hydrogen) atoms. The molecule has 0 aromatic rings. The van der Waals surface area contributed by atoms with E-state index in [1.54, 1.807) is 0 Å². The Kier molecular flexibility index (Phi) is 4.12. The average molecular weight is 281 g/mol. The summed E-state index contributed by atoms with van der Waals surface area (Å²) in [4.78, 5) is 26.2. The van der Waals surface area contributed by atoms with Crippen LogP contribution in [-0.4, -0.2) is 36.0 Å². The van der Waals surface area contributed by atoms with Gasteiger partial charge in [0.2, 0.25) is 5.91 Å². The predicted octanol–water partition coefficient (Wildman–Crippen LogP) is 2.76. The van der Waals surface area contributed by atoms with Gasteiger partial charge in [-0.15, -0.1) is 0 Å². The lowest BCUT2D eigenvalue weighted by atomic mass is 9.68. The van der Waals surface area contributed by atoms with Crippen molar-refractivity contribution in [1.82, 2.24) is 4.90 Å². The van der Waals surface area contributed by atoms with E-state index in [0.717, 1.165) is 38.6 Å². The molecule has 2 atom stereocenters. The summed E-state index contributed by atoms with van der Waals surface area (Å²) in [6.45, 7) is 6.53. The minimum atomic E-state index is -0.424. The second kappa shape index (κ2) is 5.38. The molecule has 4 nitrogen and oxygen atoms in total. The van der Waals surface area contributed by atoms with E-state index in [1.807, 2.05) is 32.7 Å². The van der Waals surface area contributed by atoms with E-state index < -0.39 is 5.60 Å². The van der Waals surface area contributed by atoms with E-state index in [2.05, 4.69) is 0 Å². The maximum Gasteiger partial charge on any atom is 0.306 e. The third-order valence-electron chi connectivity index (χ3n) is 4.55. The summed E-state index contributed by atoms with van der Waals surface area (Å²) in [6.07, 6.45) is 5.34. The van der Waals surface area contributed by atoms with Gasteiger partial charge in [0.15, 0.2) is 0 Å².